The van der Waals surface area contributed by atoms with Crippen molar-refractivity contribution < 1.29 is 4.74 Å². The molecule has 2 aromatic carbocycles. The molecule has 3 rings (SSSR count). The van der Waals surface area contributed by atoms with Gasteiger partial charge in [0.05, 0.1) is 12.6 Å². The average molecular weight is 253 g/mol. The fourth-order valence-electron chi connectivity index (χ4n) is 2.57. The van der Waals surface area contributed by atoms with Gasteiger partial charge >= 0.3 is 0 Å². The Balaban J connectivity index is 1.99. The monoisotopic (exact) mass is 253 g/mol. The first-order chi connectivity index (χ1) is 9.13. The highest BCUT2D eigenvalue weighted by Gasteiger charge is 2.45. The number of likely N-dealkylation sites (N-methyl/N-ethyl adjacent to an activating group) is 1. The minimum absolute atomic E-state index is 0.217. The average Bonchev–Trinajstić information content (AvgIpc) is 3.08. The lowest BCUT2D eigenvalue weighted by molar-refractivity contribution is 0.415. The van der Waals surface area contributed by atoms with Gasteiger partial charge in [0.1, 0.15) is 5.75 Å². The smallest absolute Gasteiger partial charge is 0.119 e. The van der Waals surface area contributed by atoms with Gasteiger partial charge in [-0.25, -0.2) is 0 Å². The van der Waals surface area contributed by atoms with Crippen molar-refractivity contribution in [2.24, 2.45) is 0 Å². The molecular weight excluding hydrogens is 234 g/mol. The molecular formula is C17H19NO. The summed E-state index contributed by atoms with van der Waals surface area (Å²) in [5.41, 5.74) is 4.05. The lowest BCUT2D eigenvalue weighted by Crippen LogP contribution is -2.08. The molecule has 2 nitrogen and oxygen atoms in total. The van der Waals surface area contributed by atoms with Gasteiger partial charge in [-0.2, -0.15) is 0 Å². The Kier molecular flexibility index (Phi) is 2.83. The fourth-order valence-corrected chi connectivity index (χ4v) is 2.57. The molecule has 98 valence electrons. The summed E-state index contributed by atoms with van der Waals surface area (Å²) in [6, 6.07) is 17.0. The maximum Gasteiger partial charge on any atom is 0.119 e. The number of hydrogen-bond donors (Lipinski definition) is 0. The van der Waals surface area contributed by atoms with Gasteiger partial charge in [0.25, 0.3) is 0 Å². The molecule has 2 atom stereocenters. The molecule has 1 saturated heterocycles. The summed E-state index contributed by atoms with van der Waals surface area (Å²) in [7, 11) is 3.87. The van der Waals surface area contributed by atoms with Crippen molar-refractivity contribution >= 4 is 0 Å². The summed E-state index contributed by atoms with van der Waals surface area (Å²) in [6.07, 6.45) is 0. The molecule has 0 amide bonds. The Morgan fingerprint density at radius 1 is 1.05 bits per heavy atom. The zero-order valence-corrected chi connectivity index (χ0v) is 11.7. The largest absolute Gasteiger partial charge is 0.497 e. The van der Waals surface area contributed by atoms with E-state index in [0.29, 0.717) is 0 Å². The third-order valence-electron chi connectivity index (χ3n) is 4.17. The van der Waals surface area contributed by atoms with Crippen molar-refractivity contribution in [2.45, 2.75) is 12.5 Å². The normalized spacial score (nSPS) is 25.1. The van der Waals surface area contributed by atoms with E-state index in [-0.39, 0.29) is 5.54 Å². The molecule has 19 heavy (non-hydrogen) atoms. The lowest BCUT2D eigenvalue weighted by atomic mass is 9.96. The third-order valence-corrected chi connectivity index (χ3v) is 4.17. The van der Waals surface area contributed by atoms with Crippen LogP contribution in [-0.4, -0.2) is 25.6 Å². The summed E-state index contributed by atoms with van der Waals surface area (Å²) in [5.74, 6) is 0.901. The fraction of sp³-hybridized carbons (Fsp3) is 0.294. The first-order valence-corrected chi connectivity index (χ1v) is 6.60. The molecule has 0 saturated carbocycles. The van der Waals surface area contributed by atoms with Crippen LogP contribution in [-0.2, 0) is 5.54 Å². The van der Waals surface area contributed by atoms with E-state index >= 15 is 0 Å². The lowest BCUT2D eigenvalue weighted by Gasteiger charge is -2.12. The highest BCUT2D eigenvalue weighted by atomic mass is 16.5. The van der Waals surface area contributed by atoms with Crippen LogP contribution in [0.2, 0.25) is 0 Å². The SMILES string of the molecule is COc1cccc(-c2cccc(C3(C)CN3C)c2)c1. The van der Waals surface area contributed by atoms with Crippen LogP contribution in [0.25, 0.3) is 11.1 Å². The molecule has 2 unspecified atom stereocenters. The zero-order chi connectivity index (χ0) is 13.5. The van der Waals surface area contributed by atoms with E-state index in [1.54, 1.807) is 7.11 Å². The Hall–Kier alpha value is -1.80. The van der Waals surface area contributed by atoms with E-state index < -0.39 is 0 Å². The van der Waals surface area contributed by atoms with E-state index in [1.165, 1.54) is 16.7 Å². The molecule has 1 fully saturated rings. The maximum absolute atomic E-state index is 5.30. The van der Waals surface area contributed by atoms with Crippen molar-refractivity contribution in [1.29, 1.82) is 0 Å². The number of benzene rings is 2. The van der Waals surface area contributed by atoms with Crippen molar-refractivity contribution in [3.8, 4) is 16.9 Å². The van der Waals surface area contributed by atoms with Gasteiger partial charge in [0.15, 0.2) is 0 Å². The van der Waals surface area contributed by atoms with Crippen LogP contribution in [0.5, 0.6) is 5.75 Å². The summed E-state index contributed by atoms with van der Waals surface area (Å²) in [6.45, 7) is 3.42. The second-order valence-electron chi connectivity index (χ2n) is 5.44. The zero-order valence-electron chi connectivity index (χ0n) is 11.7. The minimum atomic E-state index is 0.217. The Bertz CT molecular complexity index is 608. The van der Waals surface area contributed by atoms with Gasteiger partial charge in [0, 0.05) is 6.54 Å². The van der Waals surface area contributed by atoms with Gasteiger partial charge in [0.2, 0.25) is 0 Å². The number of methoxy groups -OCH3 is 1. The minimum Gasteiger partial charge on any atom is -0.497 e. The van der Waals surface area contributed by atoms with Gasteiger partial charge in [-0.15, -0.1) is 0 Å². The molecule has 1 aliphatic rings. The molecule has 0 bridgehead atoms. The molecule has 0 aliphatic carbocycles. The molecule has 1 aliphatic heterocycles. The Labute approximate surface area is 114 Å². The second-order valence-corrected chi connectivity index (χ2v) is 5.44. The van der Waals surface area contributed by atoms with Crippen molar-refractivity contribution in [3.63, 3.8) is 0 Å². The van der Waals surface area contributed by atoms with E-state index in [4.69, 9.17) is 4.74 Å². The highest BCUT2D eigenvalue weighted by Crippen LogP contribution is 2.41. The van der Waals surface area contributed by atoms with Crippen molar-refractivity contribution in [1.82, 2.24) is 4.90 Å². The van der Waals surface area contributed by atoms with Crippen LogP contribution in [0.3, 0.4) is 0 Å². The van der Waals surface area contributed by atoms with E-state index in [0.717, 1.165) is 12.3 Å². The van der Waals surface area contributed by atoms with Gasteiger partial charge < -0.3 is 4.74 Å². The molecule has 2 heteroatoms. The number of hydrogen-bond acceptors (Lipinski definition) is 2. The van der Waals surface area contributed by atoms with Crippen LogP contribution in [0.4, 0.5) is 0 Å². The standard InChI is InChI=1S/C17H19NO/c1-17(12-18(17)2)15-8-4-6-13(10-15)14-7-5-9-16(11-14)19-3/h4-11H,12H2,1-3H3. The summed E-state index contributed by atoms with van der Waals surface area (Å²) in [5, 5.41) is 0. The molecule has 0 radical (unpaired) electrons. The van der Waals surface area contributed by atoms with Gasteiger partial charge in [-0.1, -0.05) is 30.3 Å². The van der Waals surface area contributed by atoms with E-state index in [9.17, 15) is 0 Å². The highest BCUT2D eigenvalue weighted by molar-refractivity contribution is 5.66. The molecule has 0 N–H and O–H groups in total. The van der Waals surface area contributed by atoms with Crippen LogP contribution < -0.4 is 4.74 Å². The summed E-state index contributed by atoms with van der Waals surface area (Å²) >= 11 is 0. The van der Waals surface area contributed by atoms with E-state index in [1.807, 2.05) is 12.1 Å². The van der Waals surface area contributed by atoms with Crippen LogP contribution in [0.15, 0.2) is 48.5 Å². The number of nitrogens with zero attached hydrogens (tertiary/aromatic N) is 1. The summed E-state index contributed by atoms with van der Waals surface area (Å²) < 4.78 is 5.30. The third kappa shape index (κ3) is 2.13. The van der Waals surface area contributed by atoms with Crippen LogP contribution in [0.1, 0.15) is 12.5 Å². The molecule has 0 spiro atoms. The topological polar surface area (TPSA) is 12.2 Å². The Morgan fingerprint density at radius 2 is 1.68 bits per heavy atom. The van der Waals surface area contributed by atoms with Crippen LogP contribution >= 0.6 is 0 Å². The number of rotatable bonds is 3. The Morgan fingerprint density at radius 3 is 2.32 bits per heavy atom. The van der Waals surface area contributed by atoms with Crippen molar-refractivity contribution in [2.75, 3.05) is 20.7 Å². The second kappa shape index (κ2) is 4.39. The van der Waals surface area contributed by atoms with Crippen LogP contribution in [0, 0.1) is 0 Å². The van der Waals surface area contributed by atoms with E-state index in [2.05, 4.69) is 55.3 Å². The predicted octanol–water partition coefficient (Wildman–Crippen LogP) is 3.52. The first kappa shape index (κ1) is 12.2. The number of ether oxygens (including phenoxy) is 1. The maximum atomic E-state index is 5.30. The molecule has 2 aromatic rings. The first-order valence-electron chi connectivity index (χ1n) is 6.60. The van der Waals surface area contributed by atoms with Gasteiger partial charge in [-0.05, 0) is 48.9 Å². The molecule has 0 aromatic heterocycles. The summed E-state index contributed by atoms with van der Waals surface area (Å²) in [4.78, 5) is 2.36. The van der Waals surface area contributed by atoms with Gasteiger partial charge in [-0.3, -0.25) is 4.90 Å². The quantitative estimate of drug-likeness (QED) is 0.776. The predicted molar refractivity (Wildman–Crippen MR) is 78.4 cm³/mol. The molecule has 1 heterocycles. The van der Waals surface area contributed by atoms with Crippen molar-refractivity contribution in [3.05, 3.63) is 54.1 Å².